The third-order valence-corrected chi connectivity index (χ3v) is 2.40. The summed E-state index contributed by atoms with van der Waals surface area (Å²) in [5.74, 6) is -3.25. The first-order valence-corrected chi connectivity index (χ1v) is 5.11. The van der Waals surface area contributed by atoms with Gasteiger partial charge in [-0.05, 0) is 28.1 Å². The Bertz CT molecular complexity index is 508. The average Bonchev–Trinajstić information content (AvgIpc) is 2.16. The van der Waals surface area contributed by atoms with Crippen molar-refractivity contribution in [3.05, 3.63) is 27.7 Å². The zero-order valence-corrected chi connectivity index (χ0v) is 10.2. The second-order valence-corrected chi connectivity index (χ2v) is 4.04. The van der Waals surface area contributed by atoms with E-state index in [0.717, 1.165) is 0 Å². The highest BCUT2D eigenvalue weighted by molar-refractivity contribution is 9.10. The molecule has 1 rings (SSSR count). The molecule has 19 heavy (non-hydrogen) atoms. The van der Waals surface area contributed by atoms with Crippen molar-refractivity contribution in [2.45, 2.75) is 12.5 Å². The van der Waals surface area contributed by atoms with E-state index >= 15 is 0 Å². The molecule has 1 aromatic carbocycles. The van der Waals surface area contributed by atoms with Crippen LogP contribution in [-0.4, -0.2) is 17.4 Å². The molecule has 0 radical (unpaired) electrons. The second-order valence-electron chi connectivity index (χ2n) is 3.19. The summed E-state index contributed by atoms with van der Waals surface area (Å²) < 4.78 is 76.3. The van der Waals surface area contributed by atoms with Crippen LogP contribution in [0.1, 0.15) is 15.9 Å². The van der Waals surface area contributed by atoms with Gasteiger partial charge in [-0.3, -0.25) is 0 Å². The monoisotopic (exact) mass is 352 g/mol. The maximum atomic E-state index is 12.6. The minimum atomic E-state index is -5.34. The summed E-state index contributed by atoms with van der Waals surface area (Å²) in [6.07, 6.45) is -10.5. The fourth-order valence-electron chi connectivity index (χ4n) is 1.15. The lowest BCUT2D eigenvalue weighted by Gasteiger charge is -2.17. The molecule has 1 aromatic rings. The molecule has 10 heteroatoms. The predicted molar refractivity (Wildman–Crippen MR) is 52.8 cm³/mol. The van der Waals surface area contributed by atoms with Crippen LogP contribution >= 0.6 is 15.9 Å². The number of halogens is 7. The van der Waals surface area contributed by atoms with Gasteiger partial charge in [0.2, 0.25) is 0 Å². The average molecular weight is 353 g/mol. The van der Waals surface area contributed by atoms with Crippen molar-refractivity contribution in [1.82, 2.24) is 0 Å². The molecule has 0 aromatic heterocycles. The van der Waals surface area contributed by atoms with Crippen LogP contribution in [0.3, 0.4) is 0 Å². The molecule has 0 spiro atoms. The van der Waals surface area contributed by atoms with Gasteiger partial charge in [-0.15, -0.1) is 13.2 Å². The minimum absolute atomic E-state index is 0.0637. The number of hydrogen-bond acceptors (Lipinski definition) is 2. The topological polar surface area (TPSA) is 46.5 Å². The molecule has 0 aliphatic heterocycles. The lowest BCUT2D eigenvalue weighted by molar-refractivity contribution is -0.276. The fraction of sp³-hybridized carbons (Fsp3) is 0.222. The number of alkyl halides is 6. The summed E-state index contributed by atoms with van der Waals surface area (Å²) in [5, 5.41) is 8.57. The van der Waals surface area contributed by atoms with Crippen molar-refractivity contribution in [3.8, 4) is 5.75 Å². The Labute approximate surface area is 109 Å². The van der Waals surface area contributed by atoms with Gasteiger partial charge in [-0.2, -0.15) is 13.2 Å². The molecular formula is C9H3BrF6O3. The molecule has 0 saturated heterocycles. The van der Waals surface area contributed by atoms with Crippen LogP contribution < -0.4 is 4.74 Å². The van der Waals surface area contributed by atoms with Crippen molar-refractivity contribution < 1.29 is 41.0 Å². The zero-order valence-electron chi connectivity index (χ0n) is 8.56. The van der Waals surface area contributed by atoms with Crippen LogP contribution in [0.5, 0.6) is 5.75 Å². The van der Waals surface area contributed by atoms with Gasteiger partial charge in [-0.1, -0.05) is 0 Å². The molecule has 0 bridgehead atoms. The van der Waals surface area contributed by atoms with E-state index in [4.69, 9.17) is 5.11 Å². The Morgan fingerprint density at radius 2 is 1.68 bits per heavy atom. The van der Waals surface area contributed by atoms with Crippen LogP contribution in [0.25, 0.3) is 0 Å². The van der Waals surface area contributed by atoms with Crippen molar-refractivity contribution in [2.24, 2.45) is 0 Å². The highest BCUT2D eigenvalue weighted by Crippen LogP contribution is 2.43. The molecule has 0 unspecified atom stereocenters. The molecule has 0 aliphatic carbocycles. The molecule has 106 valence electrons. The van der Waals surface area contributed by atoms with Crippen molar-refractivity contribution in [3.63, 3.8) is 0 Å². The molecular weight excluding hydrogens is 350 g/mol. The van der Waals surface area contributed by atoms with Gasteiger partial charge < -0.3 is 9.84 Å². The van der Waals surface area contributed by atoms with Gasteiger partial charge in [-0.25, -0.2) is 4.79 Å². The summed E-state index contributed by atoms with van der Waals surface area (Å²) in [5.41, 5.74) is -2.66. The number of carboxylic acids is 1. The van der Waals surface area contributed by atoms with Gasteiger partial charge >= 0.3 is 18.5 Å². The predicted octanol–water partition coefficient (Wildman–Crippen LogP) is 4.06. The zero-order chi connectivity index (χ0) is 15.0. The fourth-order valence-corrected chi connectivity index (χ4v) is 1.69. The van der Waals surface area contributed by atoms with E-state index in [1.165, 1.54) is 0 Å². The normalized spacial score (nSPS) is 12.4. The highest BCUT2D eigenvalue weighted by Gasteiger charge is 2.41. The summed E-state index contributed by atoms with van der Waals surface area (Å²) in [4.78, 5) is 10.6. The number of rotatable bonds is 2. The van der Waals surface area contributed by atoms with Gasteiger partial charge in [0.05, 0.1) is 15.6 Å². The third-order valence-electron chi connectivity index (χ3n) is 1.81. The lowest BCUT2D eigenvalue weighted by atomic mass is 10.1. The first-order chi connectivity index (χ1) is 8.42. The summed E-state index contributed by atoms with van der Waals surface area (Å²) >= 11 is 2.42. The molecule has 0 amide bonds. The highest BCUT2D eigenvalue weighted by atomic mass is 79.9. The summed E-state index contributed by atoms with van der Waals surface area (Å²) in [6, 6.07) is 0.646. The summed E-state index contributed by atoms with van der Waals surface area (Å²) in [7, 11) is 0. The molecule has 1 N–H and O–H groups in total. The second kappa shape index (κ2) is 4.91. The molecule has 0 atom stereocenters. The van der Waals surface area contributed by atoms with Gasteiger partial charge in [0.1, 0.15) is 0 Å². The SMILES string of the molecule is O=C(O)c1cc(Br)c(OC(F)(F)F)c(C(F)(F)F)c1. The number of carbonyl (C=O) groups is 1. The minimum Gasteiger partial charge on any atom is -0.478 e. The Morgan fingerprint density at radius 1 is 1.16 bits per heavy atom. The molecule has 3 nitrogen and oxygen atoms in total. The van der Waals surface area contributed by atoms with E-state index in [1.807, 2.05) is 0 Å². The maximum absolute atomic E-state index is 12.6. The van der Waals surface area contributed by atoms with Crippen LogP contribution in [0.2, 0.25) is 0 Å². The number of ether oxygens (including phenoxy) is 1. The Balaban J connectivity index is 3.49. The van der Waals surface area contributed by atoms with Crippen molar-refractivity contribution in [1.29, 1.82) is 0 Å². The van der Waals surface area contributed by atoms with E-state index < -0.39 is 39.9 Å². The van der Waals surface area contributed by atoms with E-state index in [9.17, 15) is 31.1 Å². The number of benzene rings is 1. The number of aromatic carboxylic acids is 1. The summed E-state index contributed by atoms with van der Waals surface area (Å²) in [6.45, 7) is 0. The van der Waals surface area contributed by atoms with Crippen LogP contribution in [-0.2, 0) is 6.18 Å². The Morgan fingerprint density at radius 3 is 2.05 bits per heavy atom. The van der Waals surface area contributed by atoms with E-state index in [2.05, 4.69) is 20.7 Å². The van der Waals surface area contributed by atoms with E-state index in [0.29, 0.717) is 6.07 Å². The number of carboxylic acid groups (broad SMARTS) is 1. The van der Waals surface area contributed by atoms with Gasteiger partial charge in [0, 0.05) is 0 Å². The molecule has 0 fully saturated rings. The van der Waals surface area contributed by atoms with Crippen molar-refractivity contribution >= 4 is 21.9 Å². The lowest BCUT2D eigenvalue weighted by Crippen LogP contribution is -2.21. The first kappa shape index (κ1) is 15.6. The first-order valence-electron chi connectivity index (χ1n) is 4.31. The largest absolute Gasteiger partial charge is 0.573 e. The molecule has 0 saturated carbocycles. The Hall–Kier alpha value is -1.45. The number of hydrogen-bond donors (Lipinski definition) is 1. The maximum Gasteiger partial charge on any atom is 0.573 e. The molecule has 0 aliphatic rings. The van der Waals surface area contributed by atoms with Crippen LogP contribution in [0.4, 0.5) is 26.3 Å². The van der Waals surface area contributed by atoms with Crippen LogP contribution in [0, 0.1) is 0 Å². The van der Waals surface area contributed by atoms with Crippen molar-refractivity contribution in [2.75, 3.05) is 0 Å². The molecule has 0 heterocycles. The van der Waals surface area contributed by atoms with Gasteiger partial charge in [0.15, 0.2) is 5.75 Å². The van der Waals surface area contributed by atoms with Gasteiger partial charge in [0.25, 0.3) is 0 Å². The standard InChI is InChI=1S/C9H3BrF6O3/c10-5-2-3(7(17)18)1-4(8(11,12)13)6(5)19-9(14,15)16/h1-2H,(H,17,18). The van der Waals surface area contributed by atoms with Crippen LogP contribution in [0.15, 0.2) is 16.6 Å². The smallest absolute Gasteiger partial charge is 0.478 e. The Kier molecular flexibility index (Phi) is 4.03. The van der Waals surface area contributed by atoms with E-state index in [1.54, 1.807) is 0 Å². The third kappa shape index (κ3) is 4.01. The van der Waals surface area contributed by atoms with E-state index in [-0.39, 0.29) is 6.07 Å². The quantitative estimate of drug-likeness (QED) is 0.816.